The molecule has 1 aliphatic heterocycles. The smallest absolute Gasteiger partial charge is 0.0615 e. The fourth-order valence-electron chi connectivity index (χ4n) is 1.47. The van der Waals surface area contributed by atoms with Crippen molar-refractivity contribution >= 4 is 0 Å². The van der Waals surface area contributed by atoms with E-state index in [9.17, 15) is 0 Å². The van der Waals surface area contributed by atoms with E-state index in [0.29, 0.717) is 6.04 Å². The maximum absolute atomic E-state index is 5.09. The van der Waals surface area contributed by atoms with E-state index >= 15 is 0 Å². The summed E-state index contributed by atoms with van der Waals surface area (Å²) < 4.78 is 5.09. The van der Waals surface area contributed by atoms with Crippen molar-refractivity contribution in [1.29, 1.82) is 0 Å². The highest BCUT2D eigenvalue weighted by Gasteiger charge is 2.15. The van der Waals surface area contributed by atoms with Gasteiger partial charge in [0.25, 0.3) is 0 Å². The Balaban J connectivity index is 2.21. The summed E-state index contributed by atoms with van der Waals surface area (Å²) in [5.41, 5.74) is 0. The Morgan fingerprint density at radius 1 is 1.45 bits per heavy atom. The van der Waals surface area contributed by atoms with Gasteiger partial charge in [-0.15, -0.1) is 0 Å². The highest BCUT2D eigenvalue weighted by Crippen LogP contribution is 2.00. The molecule has 1 aliphatic rings. The Kier molecular flexibility index (Phi) is 3.83. The lowest BCUT2D eigenvalue weighted by atomic mass is 10.2. The molecule has 3 heteroatoms. The van der Waals surface area contributed by atoms with Crippen molar-refractivity contribution in [1.82, 2.24) is 10.2 Å². The fraction of sp³-hybridized carbons (Fsp3) is 1.00. The molecule has 0 saturated carbocycles. The van der Waals surface area contributed by atoms with Crippen LogP contribution in [0.4, 0.5) is 0 Å². The zero-order chi connectivity index (χ0) is 8.10. The SMILES string of the molecule is COCC(C)N1CCNCC1. The van der Waals surface area contributed by atoms with E-state index in [4.69, 9.17) is 4.74 Å². The van der Waals surface area contributed by atoms with E-state index in [0.717, 1.165) is 32.8 Å². The van der Waals surface area contributed by atoms with E-state index in [1.165, 1.54) is 0 Å². The van der Waals surface area contributed by atoms with Crippen molar-refractivity contribution in [3.8, 4) is 0 Å². The molecule has 1 atom stereocenters. The van der Waals surface area contributed by atoms with Gasteiger partial charge in [0, 0.05) is 39.3 Å². The van der Waals surface area contributed by atoms with Crippen LogP contribution in [-0.2, 0) is 4.74 Å². The molecule has 0 radical (unpaired) electrons. The largest absolute Gasteiger partial charge is 0.383 e. The molecule has 0 aliphatic carbocycles. The summed E-state index contributed by atoms with van der Waals surface area (Å²) in [5.74, 6) is 0. The molecule has 0 bridgehead atoms. The normalized spacial score (nSPS) is 23.5. The lowest BCUT2D eigenvalue weighted by Gasteiger charge is -2.32. The second-order valence-corrected chi connectivity index (χ2v) is 3.09. The van der Waals surface area contributed by atoms with Gasteiger partial charge in [0.15, 0.2) is 0 Å². The highest BCUT2D eigenvalue weighted by atomic mass is 16.5. The molecule has 1 rings (SSSR count). The number of rotatable bonds is 3. The quantitative estimate of drug-likeness (QED) is 0.622. The van der Waals surface area contributed by atoms with Gasteiger partial charge in [-0.25, -0.2) is 0 Å². The van der Waals surface area contributed by atoms with Gasteiger partial charge in [-0.2, -0.15) is 0 Å². The molecular weight excluding hydrogens is 140 g/mol. The molecule has 1 unspecified atom stereocenters. The number of hydrogen-bond acceptors (Lipinski definition) is 3. The third kappa shape index (κ3) is 2.77. The van der Waals surface area contributed by atoms with Crippen LogP contribution in [0.15, 0.2) is 0 Å². The molecule has 0 spiro atoms. The minimum atomic E-state index is 0.571. The van der Waals surface area contributed by atoms with Crippen molar-refractivity contribution < 1.29 is 4.74 Å². The summed E-state index contributed by atoms with van der Waals surface area (Å²) in [6.45, 7) is 7.62. The molecule has 66 valence electrons. The summed E-state index contributed by atoms with van der Waals surface area (Å²) >= 11 is 0. The highest BCUT2D eigenvalue weighted by molar-refractivity contribution is 4.72. The average Bonchev–Trinajstić information content (AvgIpc) is 2.07. The second-order valence-electron chi connectivity index (χ2n) is 3.09. The van der Waals surface area contributed by atoms with Crippen molar-refractivity contribution in [3.05, 3.63) is 0 Å². The Labute approximate surface area is 68.7 Å². The molecule has 1 heterocycles. The first kappa shape index (κ1) is 8.97. The minimum Gasteiger partial charge on any atom is -0.383 e. The molecule has 11 heavy (non-hydrogen) atoms. The van der Waals surface area contributed by atoms with Crippen LogP contribution in [0.1, 0.15) is 6.92 Å². The summed E-state index contributed by atoms with van der Waals surface area (Å²) in [6.07, 6.45) is 0. The maximum Gasteiger partial charge on any atom is 0.0615 e. The van der Waals surface area contributed by atoms with E-state index in [1.807, 2.05) is 0 Å². The van der Waals surface area contributed by atoms with Gasteiger partial charge >= 0.3 is 0 Å². The first-order valence-electron chi connectivity index (χ1n) is 4.28. The Morgan fingerprint density at radius 3 is 2.64 bits per heavy atom. The predicted octanol–water partition coefficient (Wildman–Crippen LogP) is -0.0735. The third-order valence-electron chi connectivity index (χ3n) is 2.18. The van der Waals surface area contributed by atoms with Gasteiger partial charge in [-0.05, 0) is 6.92 Å². The molecule has 0 aromatic carbocycles. The van der Waals surface area contributed by atoms with Gasteiger partial charge in [0.2, 0.25) is 0 Å². The van der Waals surface area contributed by atoms with Gasteiger partial charge in [-0.1, -0.05) is 0 Å². The average molecular weight is 158 g/mol. The molecule has 1 N–H and O–H groups in total. The summed E-state index contributed by atoms with van der Waals surface area (Å²) in [4.78, 5) is 2.46. The van der Waals surface area contributed by atoms with Crippen LogP contribution in [-0.4, -0.2) is 50.8 Å². The molecule has 1 fully saturated rings. The second kappa shape index (κ2) is 4.70. The minimum absolute atomic E-state index is 0.571. The van der Waals surface area contributed by atoms with Crippen molar-refractivity contribution in [2.24, 2.45) is 0 Å². The topological polar surface area (TPSA) is 24.5 Å². The Bertz CT molecular complexity index is 102. The van der Waals surface area contributed by atoms with Gasteiger partial charge in [0.05, 0.1) is 6.61 Å². The van der Waals surface area contributed by atoms with Crippen molar-refractivity contribution in [2.75, 3.05) is 39.9 Å². The molecule has 0 aromatic heterocycles. The van der Waals surface area contributed by atoms with E-state index in [1.54, 1.807) is 7.11 Å². The zero-order valence-corrected chi connectivity index (χ0v) is 7.47. The van der Waals surface area contributed by atoms with Gasteiger partial charge < -0.3 is 10.1 Å². The van der Waals surface area contributed by atoms with Gasteiger partial charge in [-0.3, -0.25) is 4.90 Å². The fourth-order valence-corrected chi connectivity index (χ4v) is 1.47. The first-order chi connectivity index (χ1) is 5.34. The standard InChI is InChI=1S/C8H18N2O/c1-8(7-11-2)10-5-3-9-4-6-10/h8-9H,3-7H2,1-2H3. The van der Waals surface area contributed by atoms with Crippen molar-refractivity contribution in [3.63, 3.8) is 0 Å². The number of hydrogen-bond donors (Lipinski definition) is 1. The molecular formula is C8H18N2O. The van der Waals surface area contributed by atoms with Crippen LogP contribution >= 0.6 is 0 Å². The number of piperazine rings is 1. The molecule has 0 amide bonds. The van der Waals surface area contributed by atoms with Crippen LogP contribution in [0.3, 0.4) is 0 Å². The Morgan fingerprint density at radius 2 is 2.09 bits per heavy atom. The first-order valence-corrected chi connectivity index (χ1v) is 4.28. The lowest BCUT2D eigenvalue weighted by Crippen LogP contribution is -2.48. The summed E-state index contributed by atoms with van der Waals surface area (Å²) in [5, 5.41) is 3.33. The molecule has 1 saturated heterocycles. The number of nitrogens with one attached hydrogen (secondary N) is 1. The number of methoxy groups -OCH3 is 1. The maximum atomic E-state index is 5.09. The zero-order valence-electron chi connectivity index (χ0n) is 7.47. The van der Waals surface area contributed by atoms with Crippen LogP contribution in [0.25, 0.3) is 0 Å². The summed E-state index contributed by atoms with van der Waals surface area (Å²) in [6, 6.07) is 0.571. The Hall–Kier alpha value is -0.120. The lowest BCUT2D eigenvalue weighted by molar-refractivity contribution is 0.0909. The van der Waals surface area contributed by atoms with E-state index in [-0.39, 0.29) is 0 Å². The van der Waals surface area contributed by atoms with E-state index in [2.05, 4.69) is 17.1 Å². The number of nitrogens with zero attached hydrogens (tertiary/aromatic N) is 1. The molecule has 0 aromatic rings. The van der Waals surface area contributed by atoms with Crippen molar-refractivity contribution in [2.45, 2.75) is 13.0 Å². The molecule has 3 nitrogen and oxygen atoms in total. The van der Waals surface area contributed by atoms with Crippen LogP contribution in [0.5, 0.6) is 0 Å². The monoisotopic (exact) mass is 158 g/mol. The van der Waals surface area contributed by atoms with Crippen LogP contribution in [0.2, 0.25) is 0 Å². The van der Waals surface area contributed by atoms with Crippen LogP contribution in [0, 0.1) is 0 Å². The number of ether oxygens (including phenoxy) is 1. The third-order valence-corrected chi connectivity index (χ3v) is 2.18. The van der Waals surface area contributed by atoms with Gasteiger partial charge in [0.1, 0.15) is 0 Å². The van der Waals surface area contributed by atoms with Crippen LogP contribution < -0.4 is 5.32 Å². The van der Waals surface area contributed by atoms with E-state index < -0.39 is 0 Å². The predicted molar refractivity (Wildman–Crippen MR) is 45.8 cm³/mol. The summed E-state index contributed by atoms with van der Waals surface area (Å²) in [7, 11) is 1.76.